The van der Waals surface area contributed by atoms with Crippen molar-refractivity contribution < 1.29 is 4.90 Å². The molecule has 1 saturated heterocycles. The molecule has 0 radical (unpaired) electrons. The molecule has 2 heterocycles. The molecule has 4 nitrogen and oxygen atoms in total. The van der Waals surface area contributed by atoms with E-state index in [1.807, 2.05) is 24.5 Å². The van der Waals surface area contributed by atoms with Gasteiger partial charge in [0.15, 0.2) is 5.11 Å². The lowest BCUT2D eigenvalue weighted by molar-refractivity contribution is -0.917. The highest BCUT2D eigenvalue weighted by Crippen LogP contribution is 2.22. The summed E-state index contributed by atoms with van der Waals surface area (Å²) < 4.78 is 0. The number of hydrogen-bond acceptors (Lipinski definition) is 2. The lowest BCUT2D eigenvalue weighted by Crippen LogP contribution is -3.13. The molecule has 0 atom stereocenters. The summed E-state index contributed by atoms with van der Waals surface area (Å²) in [5, 5.41) is 5.14. The number of nitrogens with one attached hydrogen (secondary N) is 2. The van der Waals surface area contributed by atoms with Crippen molar-refractivity contribution in [2.45, 2.75) is 6.54 Å². The van der Waals surface area contributed by atoms with Crippen molar-refractivity contribution in [3.8, 4) is 0 Å². The van der Waals surface area contributed by atoms with Crippen LogP contribution < -0.4 is 10.2 Å². The predicted octanol–water partition coefficient (Wildman–Crippen LogP) is 2.49. The van der Waals surface area contributed by atoms with Crippen molar-refractivity contribution in [3.05, 3.63) is 58.3 Å². The Kier molecular flexibility index (Phi) is 5.89. The fraction of sp³-hybridized carbons (Fsp3) is 0.294. The minimum Gasteiger partial charge on any atom is -0.338 e. The summed E-state index contributed by atoms with van der Waals surface area (Å²) in [5.41, 5.74) is 2.15. The van der Waals surface area contributed by atoms with Gasteiger partial charge in [0.2, 0.25) is 0 Å². The first-order valence-corrected chi connectivity index (χ1v) is 9.01. The van der Waals surface area contributed by atoms with Crippen LogP contribution in [0.2, 0.25) is 10.0 Å². The highest BCUT2D eigenvalue weighted by atomic mass is 35.5. The number of hydrogen-bond donors (Lipinski definition) is 2. The number of piperazine rings is 1. The molecule has 0 amide bonds. The standard InChI is InChI=1S/C17H18Cl2N4S/c18-14-9-15(19)11-16(10-14)21-17(24)23-7-5-22(6-8-23)12-13-1-3-20-4-2-13/h1-4,9-11H,5-8,12H2,(H,21,24)/p+1. The van der Waals surface area contributed by atoms with Gasteiger partial charge in [0.25, 0.3) is 0 Å². The van der Waals surface area contributed by atoms with Gasteiger partial charge < -0.3 is 15.1 Å². The number of quaternary nitrogens is 1. The van der Waals surface area contributed by atoms with E-state index < -0.39 is 0 Å². The first kappa shape index (κ1) is 17.4. The summed E-state index contributed by atoms with van der Waals surface area (Å²) in [6, 6.07) is 9.51. The minimum absolute atomic E-state index is 0.597. The minimum atomic E-state index is 0.597. The average Bonchev–Trinajstić information content (AvgIpc) is 2.55. The van der Waals surface area contributed by atoms with Gasteiger partial charge in [-0.15, -0.1) is 0 Å². The first-order chi connectivity index (χ1) is 11.6. The largest absolute Gasteiger partial charge is 0.338 e. The second-order valence-electron chi connectivity index (χ2n) is 5.86. The summed E-state index contributed by atoms with van der Waals surface area (Å²) in [4.78, 5) is 7.82. The van der Waals surface area contributed by atoms with Crippen molar-refractivity contribution in [3.63, 3.8) is 0 Å². The number of pyridine rings is 1. The zero-order chi connectivity index (χ0) is 16.9. The molecule has 1 fully saturated rings. The van der Waals surface area contributed by atoms with Gasteiger partial charge in [0.05, 0.1) is 26.2 Å². The topological polar surface area (TPSA) is 32.6 Å². The molecule has 126 valence electrons. The van der Waals surface area contributed by atoms with E-state index in [4.69, 9.17) is 35.4 Å². The first-order valence-electron chi connectivity index (χ1n) is 7.84. The Hall–Kier alpha value is -1.40. The van der Waals surface area contributed by atoms with E-state index >= 15 is 0 Å². The molecule has 0 bridgehead atoms. The molecule has 1 aromatic heterocycles. The predicted molar refractivity (Wildman–Crippen MR) is 103 cm³/mol. The van der Waals surface area contributed by atoms with E-state index in [1.165, 1.54) is 5.56 Å². The fourth-order valence-corrected chi connectivity index (χ4v) is 3.65. The zero-order valence-corrected chi connectivity index (χ0v) is 15.5. The molecule has 7 heteroatoms. The molecule has 1 aliphatic rings. The quantitative estimate of drug-likeness (QED) is 0.800. The Morgan fingerprint density at radius 1 is 1.12 bits per heavy atom. The number of aromatic nitrogens is 1. The van der Waals surface area contributed by atoms with Gasteiger partial charge in [0.1, 0.15) is 6.54 Å². The maximum absolute atomic E-state index is 6.03. The summed E-state index contributed by atoms with van der Waals surface area (Å²) in [7, 11) is 0. The molecule has 2 aromatic rings. The van der Waals surface area contributed by atoms with Crippen LogP contribution in [0.1, 0.15) is 5.56 Å². The summed E-state index contributed by atoms with van der Waals surface area (Å²) in [6.07, 6.45) is 3.69. The highest BCUT2D eigenvalue weighted by Gasteiger charge is 2.22. The molecule has 24 heavy (non-hydrogen) atoms. The third-order valence-electron chi connectivity index (χ3n) is 4.08. The third-order valence-corrected chi connectivity index (χ3v) is 4.87. The number of nitrogens with zero attached hydrogens (tertiary/aromatic N) is 2. The van der Waals surface area contributed by atoms with E-state index in [0.717, 1.165) is 43.5 Å². The molecule has 0 unspecified atom stereocenters. The van der Waals surface area contributed by atoms with E-state index in [2.05, 4.69) is 27.3 Å². The van der Waals surface area contributed by atoms with Crippen LogP contribution in [0.15, 0.2) is 42.7 Å². The smallest absolute Gasteiger partial charge is 0.173 e. The fourth-order valence-electron chi connectivity index (χ4n) is 2.82. The van der Waals surface area contributed by atoms with Crippen molar-refractivity contribution in [2.24, 2.45) is 0 Å². The Bertz CT molecular complexity index is 683. The van der Waals surface area contributed by atoms with E-state index in [0.29, 0.717) is 10.0 Å². The van der Waals surface area contributed by atoms with E-state index in [1.54, 1.807) is 11.0 Å². The molecular formula is C17H19Cl2N4S+. The number of anilines is 1. The van der Waals surface area contributed by atoms with Gasteiger partial charge in [0, 0.05) is 33.7 Å². The SMILES string of the molecule is S=C(Nc1cc(Cl)cc(Cl)c1)N1CC[NH+](Cc2ccncc2)CC1. The summed E-state index contributed by atoms with van der Waals surface area (Å²) in [5.74, 6) is 0. The Balaban J connectivity index is 1.51. The van der Waals surface area contributed by atoms with Crippen LogP contribution in [-0.4, -0.2) is 41.2 Å². The molecule has 1 aliphatic heterocycles. The monoisotopic (exact) mass is 381 g/mol. The number of thiocarbonyl (C=S) groups is 1. The third kappa shape index (κ3) is 4.80. The highest BCUT2D eigenvalue weighted by molar-refractivity contribution is 7.80. The molecule has 0 spiro atoms. The Labute approximate surface area is 157 Å². The molecule has 1 aromatic carbocycles. The van der Waals surface area contributed by atoms with Crippen LogP contribution in [0.3, 0.4) is 0 Å². The van der Waals surface area contributed by atoms with Gasteiger partial charge in [-0.2, -0.15) is 0 Å². The van der Waals surface area contributed by atoms with E-state index in [-0.39, 0.29) is 0 Å². The van der Waals surface area contributed by atoms with Crippen LogP contribution in [0.25, 0.3) is 0 Å². The second-order valence-corrected chi connectivity index (χ2v) is 7.12. The number of halogens is 2. The van der Waals surface area contributed by atoms with Crippen molar-refractivity contribution in [1.82, 2.24) is 9.88 Å². The van der Waals surface area contributed by atoms with Crippen LogP contribution in [0, 0.1) is 0 Å². The van der Waals surface area contributed by atoms with Crippen LogP contribution in [0.5, 0.6) is 0 Å². The normalized spacial score (nSPS) is 15.3. The van der Waals surface area contributed by atoms with Crippen LogP contribution in [-0.2, 0) is 6.54 Å². The second kappa shape index (κ2) is 8.12. The maximum atomic E-state index is 6.03. The van der Waals surface area contributed by atoms with Crippen LogP contribution in [0.4, 0.5) is 5.69 Å². The lowest BCUT2D eigenvalue weighted by atomic mass is 10.2. The lowest BCUT2D eigenvalue weighted by Gasteiger charge is -2.34. The average molecular weight is 382 g/mol. The van der Waals surface area contributed by atoms with Crippen molar-refractivity contribution in [2.75, 3.05) is 31.5 Å². The van der Waals surface area contributed by atoms with Crippen LogP contribution >= 0.6 is 35.4 Å². The summed E-state index contributed by atoms with van der Waals surface area (Å²) >= 11 is 17.6. The Morgan fingerprint density at radius 2 is 1.75 bits per heavy atom. The molecular weight excluding hydrogens is 363 g/mol. The maximum Gasteiger partial charge on any atom is 0.173 e. The molecule has 0 aliphatic carbocycles. The number of rotatable bonds is 3. The van der Waals surface area contributed by atoms with Gasteiger partial charge in [-0.1, -0.05) is 23.2 Å². The molecule has 2 N–H and O–H groups in total. The number of benzene rings is 1. The molecule has 0 saturated carbocycles. The van der Waals surface area contributed by atoms with Gasteiger partial charge in [-0.3, -0.25) is 4.98 Å². The summed E-state index contributed by atoms with van der Waals surface area (Å²) in [6.45, 7) is 5.00. The van der Waals surface area contributed by atoms with E-state index in [9.17, 15) is 0 Å². The zero-order valence-electron chi connectivity index (χ0n) is 13.1. The Morgan fingerprint density at radius 3 is 2.38 bits per heavy atom. The van der Waals surface area contributed by atoms with Crippen molar-refractivity contribution in [1.29, 1.82) is 0 Å². The van der Waals surface area contributed by atoms with Gasteiger partial charge in [-0.25, -0.2) is 0 Å². The van der Waals surface area contributed by atoms with Gasteiger partial charge in [-0.05, 0) is 42.5 Å². The van der Waals surface area contributed by atoms with Crippen molar-refractivity contribution >= 4 is 46.2 Å². The molecule has 3 rings (SSSR count). The van der Waals surface area contributed by atoms with Gasteiger partial charge >= 0.3 is 0 Å².